The smallest absolute Gasteiger partial charge is 0.315 e. The molecule has 5 nitrogen and oxygen atoms in total. The van der Waals surface area contributed by atoms with Crippen molar-refractivity contribution in [2.75, 3.05) is 26.2 Å². The molecule has 0 radical (unpaired) electrons. The maximum atomic E-state index is 12.1. The minimum atomic E-state index is -0.0330. The third-order valence-electron chi connectivity index (χ3n) is 5.59. The zero-order chi connectivity index (χ0) is 17.5. The number of aryl methyl sites for hydroxylation is 1. The molecule has 2 heterocycles. The highest BCUT2D eigenvalue weighted by Crippen LogP contribution is 2.26. The van der Waals surface area contributed by atoms with Crippen LogP contribution in [-0.2, 0) is 6.42 Å². The first-order chi connectivity index (χ1) is 12.2. The molecular formula is C20H32N4O. The molecule has 1 aliphatic heterocycles. The summed E-state index contributed by atoms with van der Waals surface area (Å²) in [5, 5.41) is 6.11. The number of piperidine rings is 1. The molecule has 1 aromatic rings. The van der Waals surface area contributed by atoms with Crippen molar-refractivity contribution in [3.63, 3.8) is 0 Å². The van der Waals surface area contributed by atoms with E-state index in [1.165, 1.54) is 32.2 Å². The molecule has 1 saturated carbocycles. The van der Waals surface area contributed by atoms with Crippen molar-refractivity contribution in [1.29, 1.82) is 0 Å². The van der Waals surface area contributed by atoms with Crippen LogP contribution in [0.5, 0.6) is 0 Å². The van der Waals surface area contributed by atoms with Crippen molar-refractivity contribution in [3.05, 3.63) is 29.6 Å². The standard InChI is InChI=1S/C20H32N4O/c1-16-6-7-17(14-22-16)8-11-21-20(25)23-19-9-12-24(13-10-19)15-18-4-2-3-5-18/h6-7,14,18-19H,2-5,8-13,15H2,1H3,(H2,21,23,25). The number of carbonyl (C=O) groups is 1. The fourth-order valence-corrected chi connectivity index (χ4v) is 4.02. The van der Waals surface area contributed by atoms with Gasteiger partial charge in [-0.15, -0.1) is 0 Å². The Kier molecular flexibility index (Phi) is 6.68. The summed E-state index contributed by atoms with van der Waals surface area (Å²) in [6.45, 7) is 6.14. The Morgan fingerprint density at radius 1 is 1.20 bits per heavy atom. The van der Waals surface area contributed by atoms with Crippen LogP contribution < -0.4 is 10.6 Å². The summed E-state index contributed by atoms with van der Waals surface area (Å²) in [7, 11) is 0. The lowest BCUT2D eigenvalue weighted by molar-refractivity contribution is 0.171. The predicted molar refractivity (Wildman–Crippen MR) is 101 cm³/mol. The summed E-state index contributed by atoms with van der Waals surface area (Å²) in [6, 6.07) is 4.37. The van der Waals surface area contributed by atoms with E-state index in [1.54, 1.807) is 0 Å². The Morgan fingerprint density at radius 2 is 1.96 bits per heavy atom. The van der Waals surface area contributed by atoms with E-state index in [-0.39, 0.29) is 6.03 Å². The van der Waals surface area contributed by atoms with Gasteiger partial charge in [0.25, 0.3) is 0 Å². The third kappa shape index (κ3) is 5.99. The number of hydrogen-bond donors (Lipinski definition) is 2. The average molecular weight is 345 g/mol. The van der Waals surface area contributed by atoms with Gasteiger partial charge in [0, 0.05) is 44.1 Å². The Bertz CT molecular complexity index is 531. The minimum absolute atomic E-state index is 0.0330. The van der Waals surface area contributed by atoms with Gasteiger partial charge in [0.15, 0.2) is 0 Å². The molecule has 25 heavy (non-hydrogen) atoms. The van der Waals surface area contributed by atoms with Gasteiger partial charge in [-0.05, 0) is 56.6 Å². The van der Waals surface area contributed by atoms with Crippen LogP contribution in [0.4, 0.5) is 4.79 Å². The van der Waals surface area contributed by atoms with Crippen molar-refractivity contribution in [2.24, 2.45) is 5.92 Å². The number of nitrogens with zero attached hydrogens (tertiary/aromatic N) is 2. The molecule has 1 saturated heterocycles. The molecule has 5 heteroatoms. The molecule has 2 fully saturated rings. The number of nitrogens with one attached hydrogen (secondary N) is 2. The van der Waals surface area contributed by atoms with Gasteiger partial charge in [-0.25, -0.2) is 4.79 Å². The van der Waals surface area contributed by atoms with Crippen LogP contribution in [0, 0.1) is 12.8 Å². The number of urea groups is 1. The fourth-order valence-electron chi connectivity index (χ4n) is 4.02. The van der Waals surface area contributed by atoms with Crippen LogP contribution in [0.15, 0.2) is 18.3 Å². The molecule has 0 atom stereocenters. The zero-order valence-corrected chi connectivity index (χ0v) is 15.5. The van der Waals surface area contributed by atoms with E-state index in [9.17, 15) is 4.79 Å². The lowest BCUT2D eigenvalue weighted by Gasteiger charge is -2.33. The van der Waals surface area contributed by atoms with Crippen molar-refractivity contribution >= 4 is 6.03 Å². The fraction of sp³-hybridized carbons (Fsp3) is 0.700. The van der Waals surface area contributed by atoms with Gasteiger partial charge in [0.05, 0.1) is 0 Å². The van der Waals surface area contributed by atoms with Crippen LogP contribution >= 0.6 is 0 Å². The first kappa shape index (κ1) is 18.2. The Morgan fingerprint density at radius 3 is 2.64 bits per heavy atom. The summed E-state index contributed by atoms with van der Waals surface area (Å²) in [5.74, 6) is 0.920. The number of amides is 2. The molecule has 3 rings (SSSR count). The first-order valence-electron chi connectivity index (χ1n) is 9.87. The minimum Gasteiger partial charge on any atom is -0.338 e. The van der Waals surface area contributed by atoms with E-state index in [0.717, 1.165) is 49.5 Å². The van der Waals surface area contributed by atoms with Crippen molar-refractivity contribution < 1.29 is 4.79 Å². The summed E-state index contributed by atoms with van der Waals surface area (Å²) >= 11 is 0. The lowest BCUT2D eigenvalue weighted by atomic mass is 10.0. The summed E-state index contributed by atoms with van der Waals surface area (Å²) in [4.78, 5) is 18.9. The molecule has 2 aliphatic rings. The van der Waals surface area contributed by atoms with Gasteiger partial charge in [0.2, 0.25) is 0 Å². The van der Waals surface area contributed by atoms with E-state index >= 15 is 0 Å². The van der Waals surface area contributed by atoms with Gasteiger partial charge < -0.3 is 15.5 Å². The van der Waals surface area contributed by atoms with Crippen LogP contribution in [0.3, 0.4) is 0 Å². The normalized spacial score (nSPS) is 19.9. The molecule has 0 aromatic carbocycles. The Hall–Kier alpha value is -1.62. The van der Waals surface area contributed by atoms with Gasteiger partial charge in [-0.2, -0.15) is 0 Å². The predicted octanol–water partition coefficient (Wildman–Crippen LogP) is 2.89. The summed E-state index contributed by atoms with van der Waals surface area (Å²) < 4.78 is 0. The topological polar surface area (TPSA) is 57.3 Å². The van der Waals surface area contributed by atoms with Crippen molar-refractivity contribution in [1.82, 2.24) is 20.5 Å². The number of pyridine rings is 1. The zero-order valence-electron chi connectivity index (χ0n) is 15.5. The van der Waals surface area contributed by atoms with Crippen molar-refractivity contribution in [3.8, 4) is 0 Å². The Labute approximate surface area is 151 Å². The first-order valence-corrected chi connectivity index (χ1v) is 9.87. The number of carbonyl (C=O) groups excluding carboxylic acids is 1. The molecule has 0 bridgehead atoms. The van der Waals surface area contributed by atoms with Gasteiger partial charge in [-0.3, -0.25) is 4.98 Å². The highest BCUT2D eigenvalue weighted by atomic mass is 16.2. The van der Waals surface area contributed by atoms with Crippen molar-refractivity contribution in [2.45, 2.75) is 57.9 Å². The number of hydrogen-bond acceptors (Lipinski definition) is 3. The average Bonchev–Trinajstić information content (AvgIpc) is 3.11. The molecule has 2 N–H and O–H groups in total. The SMILES string of the molecule is Cc1ccc(CCNC(=O)NC2CCN(CC3CCCC3)CC2)cn1. The van der Waals surface area contributed by atoms with E-state index in [0.29, 0.717) is 12.6 Å². The number of aromatic nitrogens is 1. The second-order valence-electron chi connectivity index (χ2n) is 7.68. The molecule has 1 aromatic heterocycles. The maximum absolute atomic E-state index is 12.1. The molecule has 0 spiro atoms. The van der Waals surface area contributed by atoms with Crippen LogP contribution in [-0.4, -0.2) is 48.1 Å². The molecule has 1 aliphatic carbocycles. The van der Waals surface area contributed by atoms with E-state index < -0.39 is 0 Å². The molecule has 138 valence electrons. The van der Waals surface area contributed by atoms with Crippen LogP contribution in [0.25, 0.3) is 0 Å². The van der Waals surface area contributed by atoms with Crippen LogP contribution in [0.2, 0.25) is 0 Å². The third-order valence-corrected chi connectivity index (χ3v) is 5.59. The van der Waals surface area contributed by atoms with Gasteiger partial charge >= 0.3 is 6.03 Å². The number of rotatable bonds is 6. The lowest BCUT2D eigenvalue weighted by Crippen LogP contribution is -2.48. The second kappa shape index (κ2) is 9.18. The second-order valence-corrected chi connectivity index (χ2v) is 7.68. The van der Waals surface area contributed by atoms with Crippen LogP contribution in [0.1, 0.15) is 49.8 Å². The summed E-state index contributed by atoms with van der Waals surface area (Å²) in [6.07, 6.45) is 10.5. The van der Waals surface area contributed by atoms with E-state index in [2.05, 4.69) is 26.6 Å². The summed E-state index contributed by atoms with van der Waals surface area (Å²) in [5.41, 5.74) is 2.18. The molecule has 2 amide bonds. The highest BCUT2D eigenvalue weighted by Gasteiger charge is 2.24. The largest absolute Gasteiger partial charge is 0.338 e. The molecule has 0 unspecified atom stereocenters. The maximum Gasteiger partial charge on any atom is 0.315 e. The van der Waals surface area contributed by atoms with Gasteiger partial charge in [0.1, 0.15) is 0 Å². The van der Waals surface area contributed by atoms with E-state index in [1.807, 2.05) is 19.2 Å². The number of likely N-dealkylation sites (tertiary alicyclic amines) is 1. The van der Waals surface area contributed by atoms with E-state index in [4.69, 9.17) is 0 Å². The monoisotopic (exact) mass is 344 g/mol. The molecular weight excluding hydrogens is 312 g/mol. The highest BCUT2D eigenvalue weighted by molar-refractivity contribution is 5.74. The quantitative estimate of drug-likeness (QED) is 0.834. The Balaban J connectivity index is 1.29. The van der Waals surface area contributed by atoms with Gasteiger partial charge in [-0.1, -0.05) is 18.9 Å².